The second kappa shape index (κ2) is 8.85. The van der Waals surface area contributed by atoms with Crippen molar-refractivity contribution in [2.75, 3.05) is 33.2 Å². The van der Waals surface area contributed by atoms with Crippen molar-refractivity contribution in [3.63, 3.8) is 0 Å². The molecule has 1 atom stereocenters. The summed E-state index contributed by atoms with van der Waals surface area (Å²) in [4.78, 5) is 3.29. The van der Waals surface area contributed by atoms with E-state index in [9.17, 15) is 8.42 Å². The van der Waals surface area contributed by atoms with Gasteiger partial charge in [-0.1, -0.05) is 13.8 Å². The fourth-order valence-electron chi connectivity index (χ4n) is 2.11. The van der Waals surface area contributed by atoms with Crippen LogP contribution in [0.5, 0.6) is 0 Å². The summed E-state index contributed by atoms with van der Waals surface area (Å²) in [5.74, 6) is 0. The lowest BCUT2D eigenvalue weighted by atomic mass is 10.3. The standard InChI is InChI=1S/C14H27N3O2S2/c1-5-17(6-2)11-12(3)16-21(18,19)14-8-7-13(20-14)9-10-15-4/h7-8,12,15-16H,5-6,9-11H2,1-4H3. The van der Waals surface area contributed by atoms with Crippen LogP contribution in [0, 0.1) is 0 Å². The van der Waals surface area contributed by atoms with Crippen molar-refractivity contribution in [2.45, 2.75) is 37.4 Å². The molecule has 0 radical (unpaired) electrons. The van der Waals surface area contributed by atoms with Gasteiger partial charge in [0.05, 0.1) is 0 Å². The van der Waals surface area contributed by atoms with E-state index < -0.39 is 10.0 Å². The third-order valence-corrected chi connectivity index (χ3v) is 6.53. The highest BCUT2D eigenvalue weighted by Crippen LogP contribution is 2.22. The van der Waals surface area contributed by atoms with Crippen LogP contribution >= 0.6 is 11.3 Å². The number of hydrogen-bond donors (Lipinski definition) is 2. The lowest BCUT2D eigenvalue weighted by molar-refractivity contribution is 0.282. The fraction of sp³-hybridized carbons (Fsp3) is 0.714. The minimum Gasteiger partial charge on any atom is -0.319 e. The highest BCUT2D eigenvalue weighted by atomic mass is 32.2. The van der Waals surface area contributed by atoms with Crippen molar-refractivity contribution >= 4 is 21.4 Å². The van der Waals surface area contributed by atoms with Crippen LogP contribution in [0.2, 0.25) is 0 Å². The Morgan fingerprint density at radius 1 is 1.29 bits per heavy atom. The van der Waals surface area contributed by atoms with Gasteiger partial charge in [-0.05, 0) is 52.2 Å². The molecule has 1 unspecified atom stereocenters. The Hall–Kier alpha value is -0.470. The van der Waals surface area contributed by atoms with Crippen LogP contribution < -0.4 is 10.0 Å². The third kappa shape index (κ3) is 6.04. The molecular weight excluding hydrogens is 306 g/mol. The van der Waals surface area contributed by atoms with E-state index >= 15 is 0 Å². The van der Waals surface area contributed by atoms with E-state index in [1.807, 2.05) is 20.0 Å². The molecule has 21 heavy (non-hydrogen) atoms. The first-order valence-electron chi connectivity index (χ1n) is 7.40. The minimum atomic E-state index is -3.40. The molecule has 0 saturated heterocycles. The van der Waals surface area contributed by atoms with Crippen molar-refractivity contribution in [2.24, 2.45) is 0 Å². The van der Waals surface area contributed by atoms with Crippen molar-refractivity contribution in [3.05, 3.63) is 17.0 Å². The Kier molecular flexibility index (Phi) is 7.83. The topological polar surface area (TPSA) is 61.4 Å². The van der Waals surface area contributed by atoms with Gasteiger partial charge >= 0.3 is 0 Å². The highest BCUT2D eigenvalue weighted by Gasteiger charge is 2.20. The molecule has 7 heteroatoms. The Labute approximate surface area is 132 Å². The van der Waals surface area contributed by atoms with Crippen LogP contribution in [0.15, 0.2) is 16.3 Å². The molecule has 122 valence electrons. The van der Waals surface area contributed by atoms with Gasteiger partial charge in [0.15, 0.2) is 0 Å². The molecule has 0 aliphatic heterocycles. The summed E-state index contributed by atoms with van der Waals surface area (Å²) in [6.07, 6.45) is 0.853. The van der Waals surface area contributed by atoms with Crippen LogP contribution in [0.3, 0.4) is 0 Å². The Balaban J connectivity index is 2.65. The molecule has 0 spiro atoms. The average molecular weight is 334 g/mol. The van der Waals surface area contributed by atoms with Crippen molar-refractivity contribution in [1.29, 1.82) is 0 Å². The summed E-state index contributed by atoms with van der Waals surface area (Å²) in [6, 6.07) is 3.49. The van der Waals surface area contributed by atoms with Crippen molar-refractivity contribution < 1.29 is 8.42 Å². The molecule has 0 bridgehead atoms. The molecule has 1 rings (SSSR count). The maximum atomic E-state index is 12.4. The van der Waals surface area contributed by atoms with Crippen LogP contribution in [-0.4, -0.2) is 52.6 Å². The summed E-state index contributed by atoms with van der Waals surface area (Å²) in [5, 5.41) is 3.07. The largest absolute Gasteiger partial charge is 0.319 e. The van der Waals surface area contributed by atoms with Gasteiger partial charge in [0, 0.05) is 17.5 Å². The molecule has 1 heterocycles. The lowest BCUT2D eigenvalue weighted by Gasteiger charge is -2.23. The predicted molar refractivity (Wildman–Crippen MR) is 89.5 cm³/mol. The number of sulfonamides is 1. The molecule has 0 fully saturated rings. The number of likely N-dealkylation sites (N-methyl/N-ethyl adjacent to an activating group) is 2. The third-order valence-electron chi connectivity index (χ3n) is 3.31. The van der Waals surface area contributed by atoms with Gasteiger partial charge < -0.3 is 10.2 Å². The predicted octanol–water partition coefficient (Wildman–Crippen LogP) is 1.52. The van der Waals surface area contributed by atoms with Crippen molar-refractivity contribution in [1.82, 2.24) is 14.9 Å². The molecule has 1 aromatic rings. The van der Waals surface area contributed by atoms with Gasteiger partial charge in [-0.15, -0.1) is 11.3 Å². The number of hydrogen-bond acceptors (Lipinski definition) is 5. The van der Waals surface area contributed by atoms with Gasteiger partial charge in [-0.2, -0.15) is 0 Å². The molecule has 0 aliphatic rings. The van der Waals surface area contributed by atoms with Crippen LogP contribution in [0.1, 0.15) is 25.6 Å². The van der Waals surface area contributed by atoms with E-state index in [0.29, 0.717) is 4.21 Å². The molecular formula is C14H27N3O2S2. The lowest BCUT2D eigenvalue weighted by Crippen LogP contribution is -2.41. The van der Waals surface area contributed by atoms with Gasteiger partial charge in [-0.3, -0.25) is 0 Å². The molecule has 0 saturated carbocycles. The van der Waals surface area contributed by atoms with Crippen LogP contribution in [0.4, 0.5) is 0 Å². The van der Waals surface area contributed by atoms with Gasteiger partial charge in [0.25, 0.3) is 0 Å². The number of thiophene rings is 1. The average Bonchev–Trinajstić information content (AvgIpc) is 2.91. The second-order valence-electron chi connectivity index (χ2n) is 5.08. The van der Waals surface area contributed by atoms with Gasteiger partial charge in [-0.25, -0.2) is 13.1 Å². The zero-order valence-electron chi connectivity index (χ0n) is 13.3. The van der Waals surface area contributed by atoms with E-state index in [1.54, 1.807) is 6.07 Å². The first-order valence-corrected chi connectivity index (χ1v) is 9.70. The molecule has 0 aliphatic carbocycles. The molecule has 1 aromatic heterocycles. The zero-order valence-corrected chi connectivity index (χ0v) is 15.0. The zero-order chi connectivity index (χ0) is 15.9. The SMILES string of the molecule is CCN(CC)CC(C)NS(=O)(=O)c1ccc(CCNC)s1. The summed E-state index contributed by atoms with van der Waals surface area (Å²) >= 11 is 1.35. The van der Waals surface area contributed by atoms with Gasteiger partial charge in [0.2, 0.25) is 10.0 Å². The van der Waals surface area contributed by atoms with Crippen LogP contribution in [-0.2, 0) is 16.4 Å². The van der Waals surface area contributed by atoms with E-state index in [4.69, 9.17) is 0 Å². The molecule has 2 N–H and O–H groups in total. The number of nitrogens with zero attached hydrogens (tertiary/aromatic N) is 1. The quantitative estimate of drug-likeness (QED) is 0.681. The smallest absolute Gasteiger partial charge is 0.250 e. The number of rotatable bonds is 10. The summed E-state index contributed by atoms with van der Waals surface area (Å²) < 4.78 is 27.9. The number of nitrogens with one attached hydrogen (secondary N) is 2. The maximum Gasteiger partial charge on any atom is 0.250 e. The fourth-order valence-corrected chi connectivity index (χ4v) is 4.72. The molecule has 0 aromatic carbocycles. The van der Waals surface area contributed by atoms with Crippen molar-refractivity contribution in [3.8, 4) is 0 Å². The van der Waals surface area contributed by atoms with Gasteiger partial charge in [0.1, 0.15) is 4.21 Å². The minimum absolute atomic E-state index is 0.0993. The normalized spacial score (nSPS) is 13.8. The first-order chi connectivity index (χ1) is 9.92. The Bertz CT molecular complexity index is 510. The molecule has 5 nitrogen and oxygen atoms in total. The first kappa shape index (κ1) is 18.6. The van der Waals surface area contributed by atoms with E-state index in [0.717, 1.165) is 37.5 Å². The molecule has 0 amide bonds. The van der Waals surface area contributed by atoms with E-state index in [-0.39, 0.29) is 6.04 Å². The Morgan fingerprint density at radius 2 is 1.95 bits per heavy atom. The second-order valence-corrected chi connectivity index (χ2v) is 8.19. The summed E-state index contributed by atoms with van der Waals surface area (Å²) in [6.45, 7) is 9.50. The monoisotopic (exact) mass is 333 g/mol. The van der Waals surface area contributed by atoms with E-state index in [1.165, 1.54) is 11.3 Å². The van der Waals surface area contributed by atoms with E-state index in [2.05, 4.69) is 28.8 Å². The summed E-state index contributed by atoms with van der Waals surface area (Å²) in [5.41, 5.74) is 0. The van der Waals surface area contributed by atoms with Crippen LogP contribution in [0.25, 0.3) is 0 Å². The summed E-state index contributed by atoms with van der Waals surface area (Å²) in [7, 11) is -1.51. The Morgan fingerprint density at radius 3 is 2.52 bits per heavy atom. The maximum absolute atomic E-state index is 12.4. The highest BCUT2D eigenvalue weighted by molar-refractivity contribution is 7.91.